The first-order chi connectivity index (χ1) is 15.3. The molecule has 0 radical (unpaired) electrons. The number of nitrogens with one attached hydrogen (secondary N) is 1. The molecule has 1 heterocycles. The number of sulfone groups is 1. The molecule has 0 aliphatic rings. The smallest absolute Gasteiger partial charge is 0.287 e. The van der Waals surface area contributed by atoms with Crippen LogP contribution in [0, 0.1) is 13.8 Å². The standard InChI is InChI=1S/C25H30N2O4S/c1-5-27(6-2)22(20-11-7-18(3)8-12-20)17-26-25(28)23-15-16-24(31-23)32(29,30)21-13-9-19(4)10-14-21/h7-16,22H,5-6,17H2,1-4H3,(H,26,28). The number of hydrogen-bond donors (Lipinski definition) is 1. The van der Waals surface area contributed by atoms with Gasteiger partial charge < -0.3 is 9.73 Å². The number of furan rings is 1. The van der Waals surface area contributed by atoms with Crippen LogP contribution in [-0.4, -0.2) is 38.9 Å². The summed E-state index contributed by atoms with van der Waals surface area (Å²) >= 11 is 0. The van der Waals surface area contributed by atoms with Crippen LogP contribution in [0.4, 0.5) is 0 Å². The van der Waals surface area contributed by atoms with Crippen molar-refractivity contribution in [1.29, 1.82) is 0 Å². The zero-order chi connectivity index (χ0) is 23.3. The number of carbonyl (C=O) groups is 1. The number of rotatable bonds is 9. The number of aryl methyl sites for hydroxylation is 2. The van der Waals surface area contributed by atoms with Gasteiger partial charge in [-0.15, -0.1) is 0 Å². The van der Waals surface area contributed by atoms with Gasteiger partial charge in [0, 0.05) is 6.54 Å². The lowest BCUT2D eigenvalue weighted by molar-refractivity contribution is 0.0902. The molecule has 0 saturated carbocycles. The van der Waals surface area contributed by atoms with Crippen molar-refractivity contribution in [3.05, 3.63) is 83.1 Å². The number of benzene rings is 2. The Bertz CT molecular complexity index is 1150. The molecule has 32 heavy (non-hydrogen) atoms. The van der Waals surface area contributed by atoms with Gasteiger partial charge >= 0.3 is 0 Å². The predicted molar refractivity (Wildman–Crippen MR) is 125 cm³/mol. The molecule has 0 spiro atoms. The topological polar surface area (TPSA) is 79.6 Å². The summed E-state index contributed by atoms with van der Waals surface area (Å²) in [6.07, 6.45) is 0. The minimum Gasteiger partial charge on any atom is -0.439 e. The predicted octanol–water partition coefficient (Wildman–Crippen LogP) is 4.54. The molecular formula is C25H30N2O4S. The van der Waals surface area contributed by atoms with E-state index in [0.29, 0.717) is 6.54 Å². The van der Waals surface area contributed by atoms with Gasteiger partial charge in [0.2, 0.25) is 14.9 Å². The molecule has 0 aliphatic heterocycles. The number of likely N-dealkylation sites (N-methyl/N-ethyl adjacent to an activating group) is 1. The molecule has 1 amide bonds. The van der Waals surface area contributed by atoms with Crippen LogP contribution in [0.5, 0.6) is 0 Å². The third-order valence-electron chi connectivity index (χ3n) is 5.57. The molecule has 0 aliphatic carbocycles. The lowest BCUT2D eigenvalue weighted by Crippen LogP contribution is -2.38. The fraction of sp³-hybridized carbons (Fsp3) is 0.320. The minimum atomic E-state index is -3.82. The number of carbonyl (C=O) groups excluding carboxylic acids is 1. The van der Waals surface area contributed by atoms with Gasteiger partial charge in [-0.1, -0.05) is 61.4 Å². The van der Waals surface area contributed by atoms with Crippen LogP contribution < -0.4 is 5.32 Å². The van der Waals surface area contributed by atoms with E-state index < -0.39 is 15.7 Å². The molecule has 2 aromatic carbocycles. The molecule has 1 unspecified atom stereocenters. The molecule has 0 fully saturated rings. The van der Waals surface area contributed by atoms with E-state index >= 15 is 0 Å². The van der Waals surface area contributed by atoms with Crippen molar-refractivity contribution in [3.63, 3.8) is 0 Å². The summed E-state index contributed by atoms with van der Waals surface area (Å²) in [7, 11) is -3.82. The quantitative estimate of drug-likeness (QED) is 0.513. The van der Waals surface area contributed by atoms with Gasteiger partial charge in [-0.2, -0.15) is 0 Å². The van der Waals surface area contributed by atoms with E-state index in [1.807, 2.05) is 13.8 Å². The first-order valence-electron chi connectivity index (χ1n) is 10.8. The Labute approximate surface area is 190 Å². The average molecular weight is 455 g/mol. The van der Waals surface area contributed by atoms with Crippen LogP contribution in [0.2, 0.25) is 0 Å². The highest BCUT2D eigenvalue weighted by atomic mass is 32.2. The molecule has 7 heteroatoms. The zero-order valence-corrected chi connectivity index (χ0v) is 19.8. The molecule has 1 atom stereocenters. The Morgan fingerprint density at radius 1 is 0.906 bits per heavy atom. The second-order valence-electron chi connectivity index (χ2n) is 7.79. The Kier molecular flexibility index (Phi) is 7.53. The molecule has 0 bridgehead atoms. The molecule has 0 saturated heterocycles. The first-order valence-corrected chi connectivity index (χ1v) is 12.2. The minimum absolute atomic E-state index is 0.000253. The van der Waals surface area contributed by atoms with E-state index in [9.17, 15) is 13.2 Å². The highest BCUT2D eigenvalue weighted by Gasteiger charge is 2.24. The molecular weight excluding hydrogens is 424 g/mol. The van der Waals surface area contributed by atoms with Crippen molar-refractivity contribution in [3.8, 4) is 0 Å². The molecule has 3 rings (SSSR count). The fourth-order valence-electron chi connectivity index (χ4n) is 3.61. The summed E-state index contributed by atoms with van der Waals surface area (Å²) in [4.78, 5) is 15.1. The summed E-state index contributed by atoms with van der Waals surface area (Å²) in [5.41, 5.74) is 3.25. The average Bonchev–Trinajstić information content (AvgIpc) is 3.29. The largest absolute Gasteiger partial charge is 0.439 e. The highest BCUT2D eigenvalue weighted by molar-refractivity contribution is 7.91. The van der Waals surface area contributed by atoms with Gasteiger partial charge in [-0.05, 0) is 56.8 Å². The first kappa shape index (κ1) is 23.8. The van der Waals surface area contributed by atoms with E-state index in [-0.39, 0.29) is 21.8 Å². The van der Waals surface area contributed by atoms with Crippen LogP contribution in [-0.2, 0) is 9.84 Å². The highest BCUT2D eigenvalue weighted by Crippen LogP contribution is 2.24. The Balaban J connectivity index is 1.75. The van der Waals surface area contributed by atoms with Gasteiger partial charge in [0.25, 0.3) is 5.91 Å². The van der Waals surface area contributed by atoms with Crippen molar-refractivity contribution in [2.75, 3.05) is 19.6 Å². The van der Waals surface area contributed by atoms with Gasteiger partial charge in [0.1, 0.15) is 0 Å². The maximum atomic E-state index is 12.8. The lowest BCUT2D eigenvalue weighted by Gasteiger charge is -2.30. The van der Waals surface area contributed by atoms with Crippen LogP contribution in [0.3, 0.4) is 0 Å². The fourth-order valence-corrected chi connectivity index (χ4v) is 4.78. The summed E-state index contributed by atoms with van der Waals surface area (Å²) in [5, 5.41) is 2.66. The monoisotopic (exact) mass is 454 g/mol. The van der Waals surface area contributed by atoms with Gasteiger partial charge in [-0.3, -0.25) is 9.69 Å². The third-order valence-corrected chi connectivity index (χ3v) is 7.21. The summed E-state index contributed by atoms with van der Waals surface area (Å²) in [6.45, 7) is 10.1. The Morgan fingerprint density at radius 3 is 2.03 bits per heavy atom. The van der Waals surface area contributed by atoms with E-state index in [2.05, 4.69) is 48.3 Å². The van der Waals surface area contributed by atoms with Crippen molar-refractivity contribution in [2.45, 2.75) is 43.7 Å². The maximum Gasteiger partial charge on any atom is 0.287 e. The van der Waals surface area contributed by atoms with Gasteiger partial charge in [0.05, 0.1) is 10.9 Å². The maximum absolute atomic E-state index is 12.8. The molecule has 170 valence electrons. The molecule has 3 aromatic rings. The lowest BCUT2D eigenvalue weighted by atomic mass is 10.0. The summed E-state index contributed by atoms with van der Waals surface area (Å²) < 4.78 is 31.0. The Hall–Kier alpha value is -2.90. The number of nitrogens with zero attached hydrogens (tertiary/aromatic N) is 1. The molecule has 1 aromatic heterocycles. The number of hydrogen-bond acceptors (Lipinski definition) is 5. The van der Waals surface area contributed by atoms with Crippen molar-refractivity contribution >= 4 is 15.7 Å². The van der Waals surface area contributed by atoms with Crippen LogP contribution in [0.15, 0.2) is 75.1 Å². The second kappa shape index (κ2) is 10.1. The van der Waals surface area contributed by atoms with E-state index in [4.69, 9.17) is 4.42 Å². The normalized spacial score (nSPS) is 12.7. The molecule has 1 N–H and O–H groups in total. The SMILES string of the molecule is CCN(CC)C(CNC(=O)c1ccc(S(=O)(=O)c2ccc(C)cc2)o1)c1ccc(C)cc1. The van der Waals surface area contributed by atoms with Crippen LogP contribution in [0.25, 0.3) is 0 Å². The Morgan fingerprint density at radius 2 is 1.47 bits per heavy atom. The second-order valence-corrected chi connectivity index (χ2v) is 9.67. The summed E-state index contributed by atoms with van der Waals surface area (Å²) in [6, 6.07) is 17.5. The van der Waals surface area contributed by atoms with Crippen molar-refractivity contribution < 1.29 is 17.6 Å². The van der Waals surface area contributed by atoms with Crippen molar-refractivity contribution in [2.24, 2.45) is 0 Å². The van der Waals surface area contributed by atoms with Crippen molar-refractivity contribution in [1.82, 2.24) is 10.2 Å². The van der Waals surface area contributed by atoms with E-state index in [1.165, 1.54) is 29.8 Å². The summed E-state index contributed by atoms with van der Waals surface area (Å²) in [5.74, 6) is -0.475. The van der Waals surface area contributed by atoms with E-state index in [0.717, 1.165) is 24.2 Å². The van der Waals surface area contributed by atoms with Gasteiger partial charge in [-0.25, -0.2) is 8.42 Å². The van der Waals surface area contributed by atoms with Crippen LogP contribution >= 0.6 is 0 Å². The van der Waals surface area contributed by atoms with Gasteiger partial charge in [0.15, 0.2) is 5.76 Å². The van der Waals surface area contributed by atoms with Crippen LogP contribution in [0.1, 0.15) is 47.1 Å². The third kappa shape index (κ3) is 5.29. The number of amides is 1. The zero-order valence-electron chi connectivity index (χ0n) is 19.0. The van der Waals surface area contributed by atoms with E-state index in [1.54, 1.807) is 12.1 Å². The molecule has 6 nitrogen and oxygen atoms in total.